The summed E-state index contributed by atoms with van der Waals surface area (Å²) in [5.74, 6) is 0.477. The van der Waals surface area contributed by atoms with Crippen LogP contribution in [0.25, 0.3) is 0 Å². The molecule has 1 unspecified atom stereocenters. The Bertz CT molecular complexity index is 1030. The van der Waals surface area contributed by atoms with Crippen molar-refractivity contribution in [2.24, 2.45) is 0 Å². The van der Waals surface area contributed by atoms with Crippen molar-refractivity contribution in [2.45, 2.75) is 50.9 Å². The number of halogens is 1. The Labute approximate surface area is 186 Å². The van der Waals surface area contributed by atoms with E-state index in [9.17, 15) is 9.59 Å². The van der Waals surface area contributed by atoms with Crippen LogP contribution in [0.3, 0.4) is 0 Å². The van der Waals surface area contributed by atoms with Crippen LogP contribution in [-0.4, -0.2) is 56.3 Å². The van der Waals surface area contributed by atoms with Gasteiger partial charge < -0.3 is 14.8 Å². The highest BCUT2D eigenvalue weighted by atomic mass is 35.5. The molecule has 5 rings (SSSR count). The topological polar surface area (TPSA) is 70.5 Å². The van der Waals surface area contributed by atoms with E-state index in [0.717, 1.165) is 18.8 Å². The molecule has 2 aromatic rings. The highest BCUT2D eigenvalue weighted by Crippen LogP contribution is 2.33. The van der Waals surface area contributed by atoms with Crippen LogP contribution in [0.2, 0.25) is 5.02 Å². The maximum atomic E-state index is 12.8. The van der Waals surface area contributed by atoms with Crippen LogP contribution in [0.1, 0.15) is 42.0 Å². The fraction of sp³-hybridized carbons (Fsp3) is 0.435. The lowest BCUT2D eigenvalue weighted by Crippen LogP contribution is -2.38. The van der Waals surface area contributed by atoms with E-state index in [2.05, 4.69) is 21.3 Å². The summed E-state index contributed by atoms with van der Waals surface area (Å²) in [6, 6.07) is 8.23. The van der Waals surface area contributed by atoms with Gasteiger partial charge in [0, 0.05) is 31.2 Å². The number of hydrogen-bond donors (Lipinski definition) is 1. The number of amides is 2. The molecule has 8 heteroatoms. The quantitative estimate of drug-likeness (QED) is 0.742. The molecular weight excluding hydrogens is 414 g/mol. The van der Waals surface area contributed by atoms with E-state index in [1.807, 2.05) is 16.7 Å². The molecule has 7 nitrogen and oxygen atoms in total. The molecule has 0 saturated carbocycles. The van der Waals surface area contributed by atoms with Gasteiger partial charge in [-0.05, 0) is 44.4 Å². The molecule has 3 aliphatic rings. The molecule has 0 spiro atoms. The van der Waals surface area contributed by atoms with E-state index >= 15 is 0 Å². The molecule has 2 saturated heterocycles. The van der Waals surface area contributed by atoms with Crippen LogP contribution < -0.4 is 5.32 Å². The first-order valence-corrected chi connectivity index (χ1v) is 11.3. The number of nitrogens with one attached hydrogen (secondary N) is 1. The van der Waals surface area contributed by atoms with E-state index in [1.165, 1.54) is 19.3 Å². The maximum Gasteiger partial charge on any atom is 0.273 e. The Morgan fingerprint density at radius 3 is 2.87 bits per heavy atom. The number of fused-ring (bicyclic) bond motifs is 2. The van der Waals surface area contributed by atoms with Crippen molar-refractivity contribution in [2.75, 3.05) is 18.4 Å². The zero-order chi connectivity index (χ0) is 21.4. The summed E-state index contributed by atoms with van der Waals surface area (Å²) >= 11 is 6.14. The van der Waals surface area contributed by atoms with Gasteiger partial charge in [-0.2, -0.15) is 0 Å². The predicted octanol–water partition coefficient (Wildman–Crippen LogP) is 3.31. The van der Waals surface area contributed by atoms with E-state index in [-0.39, 0.29) is 11.8 Å². The molecule has 31 heavy (non-hydrogen) atoms. The Kier molecular flexibility index (Phi) is 5.54. The third-order valence-corrected chi connectivity index (χ3v) is 6.97. The van der Waals surface area contributed by atoms with Crippen molar-refractivity contribution in [1.82, 2.24) is 19.4 Å². The number of para-hydroxylation sites is 1. The molecule has 162 valence electrons. The van der Waals surface area contributed by atoms with Crippen molar-refractivity contribution >= 4 is 29.1 Å². The average Bonchev–Trinajstić information content (AvgIpc) is 3.49. The van der Waals surface area contributed by atoms with E-state index in [4.69, 9.17) is 11.6 Å². The number of benzene rings is 1. The number of anilines is 1. The van der Waals surface area contributed by atoms with Gasteiger partial charge in [-0.25, -0.2) is 4.98 Å². The molecule has 1 N–H and O–H groups in total. The Morgan fingerprint density at radius 1 is 1.13 bits per heavy atom. The lowest BCUT2D eigenvalue weighted by Gasteiger charge is -2.28. The van der Waals surface area contributed by atoms with E-state index < -0.39 is 0 Å². The third-order valence-electron chi connectivity index (χ3n) is 6.64. The third kappa shape index (κ3) is 4.00. The van der Waals surface area contributed by atoms with Crippen LogP contribution in [-0.2, 0) is 17.9 Å². The van der Waals surface area contributed by atoms with Crippen LogP contribution >= 0.6 is 11.6 Å². The van der Waals surface area contributed by atoms with E-state index in [0.29, 0.717) is 48.1 Å². The molecule has 2 atom stereocenters. The summed E-state index contributed by atoms with van der Waals surface area (Å²) in [4.78, 5) is 34.2. The molecule has 2 amide bonds. The van der Waals surface area contributed by atoms with Gasteiger partial charge in [-0.3, -0.25) is 14.5 Å². The fourth-order valence-corrected chi connectivity index (χ4v) is 5.20. The minimum Gasteiger partial charge on any atom is -0.330 e. The van der Waals surface area contributed by atoms with Gasteiger partial charge in [0.25, 0.3) is 5.91 Å². The molecule has 1 aromatic heterocycles. The van der Waals surface area contributed by atoms with E-state index in [1.54, 1.807) is 29.3 Å². The summed E-state index contributed by atoms with van der Waals surface area (Å²) in [6.45, 7) is 2.64. The van der Waals surface area contributed by atoms with Crippen LogP contribution in [0, 0.1) is 0 Å². The minimum absolute atomic E-state index is 0.0129. The molecule has 2 fully saturated rings. The van der Waals surface area contributed by atoms with Crippen molar-refractivity contribution in [3.8, 4) is 0 Å². The minimum atomic E-state index is -0.257. The van der Waals surface area contributed by atoms with Gasteiger partial charge >= 0.3 is 0 Å². The monoisotopic (exact) mass is 439 g/mol. The number of nitrogens with zero attached hydrogens (tertiary/aromatic N) is 4. The lowest BCUT2D eigenvalue weighted by atomic mass is 10.1. The predicted molar refractivity (Wildman–Crippen MR) is 119 cm³/mol. The van der Waals surface area contributed by atoms with Crippen molar-refractivity contribution in [1.29, 1.82) is 0 Å². The number of imidazole rings is 1. The van der Waals surface area contributed by atoms with Gasteiger partial charge in [0.1, 0.15) is 11.5 Å². The number of hydrogen-bond acceptors (Lipinski definition) is 4. The first kappa shape index (κ1) is 20.3. The highest BCUT2D eigenvalue weighted by Gasteiger charge is 2.35. The van der Waals surface area contributed by atoms with Gasteiger partial charge in [0.2, 0.25) is 5.91 Å². The first-order valence-electron chi connectivity index (χ1n) is 10.9. The average molecular weight is 440 g/mol. The second-order valence-corrected chi connectivity index (χ2v) is 8.85. The zero-order valence-corrected chi connectivity index (χ0v) is 18.1. The molecule has 0 bridgehead atoms. The molecule has 4 heterocycles. The molecule has 3 aliphatic heterocycles. The first-order chi connectivity index (χ1) is 15.1. The summed E-state index contributed by atoms with van der Waals surface area (Å²) in [5.41, 5.74) is 1.04. The van der Waals surface area contributed by atoms with Crippen molar-refractivity contribution < 1.29 is 9.59 Å². The second kappa shape index (κ2) is 8.48. The van der Waals surface area contributed by atoms with Crippen LogP contribution in [0.4, 0.5) is 5.69 Å². The summed E-state index contributed by atoms with van der Waals surface area (Å²) in [6.07, 6.45) is 10.3. The van der Waals surface area contributed by atoms with Crippen LogP contribution in [0.5, 0.6) is 0 Å². The Hall–Kier alpha value is -2.64. The fourth-order valence-electron chi connectivity index (χ4n) is 5.02. The Morgan fingerprint density at radius 2 is 2.00 bits per heavy atom. The standard InChI is InChI=1S/C23H26ClN5O2/c24-18-5-1-2-6-19(18)26-23(31)20-14-25-21-15-27(12-13-29(20)21)22(30)10-9-17-8-7-16-4-3-11-28(16)17/h1-2,5-6,9-10,14,16-17H,3-4,7-8,11-13,15H2,(H,26,31)/b10-9+/t16?,17-/m1/s1. The van der Waals surface area contributed by atoms with Gasteiger partial charge in [-0.1, -0.05) is 29.8 Å². The normalized spacial score (nSPS) is 23.2. The van der Waals surface area contributed by atoms with Gasteiger partial charge in [0.05, 0.1) is 23.5 Å². The summed E-state index contributed by atoms with van der Waals surface area (Å²) in [5, 5.41) is 3.32. The highest BCUT2D eigenvalue weighted by molar-refractivity contribution is 6.33. The number of rotatable bonds is 4. The lowest BCUT2D eigenvalue weighted by molar-refractivity contribution is -0.127. The number of aromatic nitrogens is 2. The largest absolute Gasteiger partial charge is 0.330 e. The molecular formula is C23H26ClN5O2. The summed E-state index contributed by atoms with van der Waals surface area (Å²) in [7, 11) is 0. The molecule has 0 aliphatic carbocycles. The van der Waals surface area contributed by atoms with Gasteiger partial charge in [-0.15, -0.1) is 0 Å². The molecule has 0 radical (unpaired) electrons. The number of carbonyl (C=O) groups excluding carboxylic acids is 2. The van der Waals surface area contributed by atoms with Gasteiger partial charge in [0.15, 0.2) is 0 Å². The number of carbonyl (C=O) groups is 2. The summed E-state index contributed by atoms with van der Waals surface area (Å²) < 4.78 is 1.88. The van der Waals surface area contributed by atoms with Crippen molar-refractivity contribution in [3.05, 3.63) is 59.2 Å². The Balaban J connectivity index is 1.23. The smallest absolute Gasteiger partial charge is 0.273 e. The van der Waals surface area contributed by atoms with Crippen LogP contribution in [0.15, 0.2) is 42.6 Å². The second-order valence-electron chi connectivity index (χ2n) is 8.44. The molecule has 1 aromatic carbocycles. The maximum absolute atomic E-state index is 12.8. The van der Waals surface area contributed by atoms with Crippen molar-refractivity contribution in [3.63, 3.8) is 0 Å². The SMILES string of the molecule is O=C(Nc1ccccc1Cl)c1cnc2n1CCN(C(=O)/C=C/[C@H]1CCC3CCCN31)C2. The zero-order valence-electron chi connectivity index (χ0n) is 17.3.